The molecule has 0 rings (SSSR count). The molecule has 0 aliphatic carbocycles. The van der Waals surface area contributed by atoms with Crippen molar-refractivity contribution in [3.8, 4) is 0 Å². The third-order valence-electron chi connectivity index (χ3n) is 0.681. The topological polar surface area (TPSA) is 60.4 Å². The molecule has 0 aliphatic rings. The Morgan fingerprint density at radius 3 is 1.47 bits per heavy atom. The number of hydrogen-bond acceptors (Lipinski definition) is 4. The van der Waals surface area contributed by atoms with Crippen LogP contribution in [0.25, 0.3) is 0 Å². The maximum absolute atomic E-state index is 10.5. The van der Waals surface area contributed by atoms with Crippen LogP contribution in [-0.2, 0) is 19.1 Å². The highest BCUT2D eigenvalue weighted by atomic mass is 16.5. The molecule has 0 spiro atoms. The second-order valence-electron chi connectivity index (χ2n) is 3.48. The summed E-state index contributed by atoms with van der Waals surface area (Å²) in [6.07, 6.45) is 1.51. The van der Waals surface area contributed by atoms with Crippen molar-refractivity contribution in [2.24, 2.45) is 0 Å². The lowest BCUT2D eigenvalue weighted by molar-refractivity contribution is -0.137. The lowest BCUT2D eigenvalue weighted by atomic mass is 10.4. The first kappa shape index (κ1) is 20.7. The van der Waals surface area contributed by atoms with Crippen LogP contribution in [0.1, 0.15) is 34.6 Å². The van der Waals surface area contributed by atoms with Crippen LogP contribution in [0.4, 0.5) is 0 Å². The summed E-state index contributed by atoms with van der Waals surface area (Å²) in [6.45, 7) is 14.8. The average molecular weight is 242 g/mol. The number of ketones is 2. The summed E-state index contributed by atoms with van der Waals surface area (Å²) in [5.74, 6) is -0.0325. The van der Waals surface area contributed by atoms with Crippen molar-refractivity contribution in [3.05, 3.63) is 24.8 Å². The highest BCUT2D eigenvalue weighted by molar-refractivity contribution is 5.86. The van der Waals surface area contributed by atoms with Crippen molar-refractivity contribution >= 4 is 17.5 Å². The molecule has 0 bridgehead atoms. The molecule has 0 radical (unpaired) electrons. The molecule has 0 saturated heterocycles. The lowest BCUT2D eigenvalue weighted by Crippen LogP contribution is -2.03. The van der Waals surface area contributed by atoms with Gasteiger partial charge in [-0.05, 0) is 34.6 Å². The monoisotopic (exact) mass is 242 g/mol. The fraction of sp³-hybridized carbons (Fsp3) is 0.462. The highest BCUT2D eigenvalue weighted by Crippen LogP contribution is 1.90. The summed E-state index contributed by atoms with van der Waals surface area (Å²) >= 11 is 0. The summed E-state index contributed by atoms with van der Waals surface area (Å²) in [4.78, 5) is 29.4. The number of hydrogen-bond donors (Lipinski definition) is 0. The number of Topliss-reactive ketones (excluding diaryl/α,β-unsaturated/α-hetero) is 2. The van der Waals surface area contributed by atoms with Crippen LogP contribution >= 0.6 is 0 Å². The zero-order chi connectivity index (χ0) is 14.4. The van der Waals surface area contributed by atoms with Gasteiger partial charge in [0, 0.05) is 5.57 Å². The molecule has 0 aromatic rings. The van der Waals surface area contributed by atoms with E-state index in [-0.39, 0.29) is 24.1 Å². The molecule has 0 aromatic carbocycles. The molecule has 4 nitrogen and oxygen atoms in total. The summed E-state index contributed by atoms with van der Waals surface area (Å²) in [6, 6.07) is 0. The maximum Gasteiger partial charge on any atom is 0.333 e. The summed E-state index contributed by atoms with van der Waals surface area (Å²) in [7, 11) is 0. The van der Waals surface area contributed by atoms with Gasteiger partial charge in [-0.25, -0.2) is 4.79 Å². The Bertz CT molecular complexity index is 257. The Hall–Kier alpha value is -1.71. The molecule has 0 amide bonds. The summed E-state index contributed by atoms with van der Waals surface area (Å²) in [5, 5.41) is 0. The van der Waals surface area contributed by atoms with Crippen molar-refractivity contribution in [3.63, 3.8) is 0 Å². The zero-order valence-electron chi connectivity index (χ0n) is 11.3. The van der Waals surface area contributed by atoms with Crippen molar-refractivity contribution < 1.29 is 19.1 Å². The minimum absolute atomic E-state index is 0.167. The Kier molecular flexibility index (Phi) is 17.4. The Balaban J connectivity index is -0.000000205. The molecule has 17 heavy (non-hydrogen) atoms. The number of ether oxygens (including phenoxy) is 1. The first-order valence-corrected chi connectivity index (χ1v) is 5.03. The van der Waals surface area contributed by atoms with E-state index in [4.69, 9.17) is 0 Å². The number of carbonyl (C=O) groups is 3. The minimum atomic E-state index is -0.366. The summed E-state index contributed by atoms with van der Waals surface area (Å²) < 4.78 is 4.60. The van der Waals surface area contributed by atoms with Gasteiger partial charge in [0.1, 0.15) is 18.2 Å². The molecule has 0 heterocycles. The second-order valence-corrected chi connectivity index (χ2v) is 3.48. The molecular formula is C13H22O4. The number of carbonyl (C=O) groups excluding carboxylic acids is 3. The fourth-order valence-electron chi connectivity index (χ4n) is 0.258. The van der Waals surface area contributed by atoms with Gasteiger partial charge >= 0.3 is 5.97 Å². The first-order chi connectivity index (χ1) is 7.64. The van der Waals surface area contributed by atoms with Gasteiger partial charge in [-0.3, -0.25) is 0 Å². The van der Waals surface area contributed by atoms with Gasteiger partial charge in [0.25, 0.3) is 0 Å². The average Bonchev–Trinajstić information content (AvgIpc) is 2.12. The Morgan fingerprint density at radius 1 is 1.00 bits per heavy atom. The second kappa shape index (κ2) is 14.3. The maximum atomic E-state index is 10.5. The Morgan fingerprint density at radius 2 is 1.29 bits per heavy atom. The first-order valence-electron chi connectivity index (χ1n) is 5.03. The van der Waals surface area contributed by atoms with E-state index in [1.54, 1.807) is 6.92 Å². The molecule has 0 unspecified atom stereocenters. The van der Waals surface area contributed by atoms with E-state index >= 15 is 0 Å². The van der Waals surface area contributed by atoms with Crippen LogP contribution in [0.5, 0.6) is 0 Å². The van der Waals surface area contributed by atoms with Crippen molar-refractivity contribution in [2.75, 3.05) is 6.61 Å². The van der Waals surface area contributed by atoms with Gasteiger partial charge in [0.15, 0.2) is 0 Å². The molecule has 0 fully saturated rings. The van der Waals surface area contributed by atoms with Gasteiger partial charge in [-0.1, -0.05) is 19.2 Å². The Labute approximate surface area is 103 Å². The molecule has 0 saturated carbocycles. The van der Waals surface area contributed by atoms with E-state index in [1.165, 1.54) is 33.8 Å². The van der Waals surface area contributed by atoms with Crippen LogP contribution in [0.3, 0.4) is 0 Å². The minimum Gasteiger partial charge on any atom is -0.458 e. The lowest BCUT2D eigenvalue weighted by Gasteiger charge is -1.97. The van der Waals surface area contributed by atoms with Gasteiger partial charge < -0.3 is 14.3 Å². The van der Waals surface area contributed by atoms with Crippen LogP contribution in [0.2, 0.25) is 0 Å². The molecule has 0 aromatic heterocycles. The van der Waals surface area contributed by atoms with Crippen molar-refractivity contribution in [1.29, 1.82) is 0 Å². The van der Waals surface area contributed by atoms with Crippen LogP contribution in [-0.4, -0.2) is 24.1 Å². The quantitative estimate of drug-likeness (QED) is 0.433. The fourth-order valence-corrected chi connectivity index (χ4v) is 0.258. The van der Waals surface area contributed by atoms with Crippen LogP contribution in [0, 0.1) is 0 Å². The van der Waals surface area contributed by atoms with Crippen molar-refractivity contribution in [1.82, 2.24) is 0 Å². The molecular weight excluding hydrogens is 220 g/mol. The highest BCUT2D eigenvalue weighted by Gasteiger charge is 1.98. The van der Waals surface area contributed by atoms with E-state index in [0.717, 1.165) is 0 Å². The van der Waals surface area contributed by atoms with E-state index < -0.39 is 0 Å². The van der Waals surface area contributed by atoms with E-state index in [2.05, 4.69) is 17.9 Å². The molecule has 98 valence electrons. The largest absolute Gasteiger partial charge is 0.458 e. The smallest absolute Gasteiger partial charge is 0.333 e. The predicted molar refractivity (Wildman–Crippen MR) is 68.7 cm³/mol. The van der Waals surface area contributed by atoms with E-state index in [0.29, 0.717) is 5.57 Å². The third-order valence-corrected chi connectivity index (χ3v) is 0.681. The molecule has 0 atom stereocenters. The molecule has 0 N–H and O–H groups in total. The van der Waals surface area contributed by atoms with Gasteiger partial charge in [-0.15, -0.1) is 0 Å². The van der Waals surface area contributed by atoms with Crippen LogP contribution in [0.15, 0.2) is 24.8 Å². The van der Waals surface area contributed by atoms with Crippen molar-refractivity contribution in [2.45, 2.75) is 34.6 Å². The van der Waals surface area contributed by atoms with Gasteiger partial charge in [-0.2, -0.15) is 0 Å². The van der Waals surface area contributed by atoms with E-state index in [1.807, 2.05) is 0 Å². The third kappa shape index (κ3) is 54.6. The summed E-state index contributed by atoms with van der Waals surface area (Å²) in [5.41, 5.74) is 0.414. The van der Waals surface area contributed by atoms with Gasteiger partial charge in [0.2, 0.25) is 0 Å². The zero-order valence-corrected chi connectivity index (χ0v) is 11.3. The van der Waals surface area contributed by atoms with Gasteiger partial charge in [0.05, 0.1) is 0 Å². The van der Waals surface area contributed by atoms with Crippen LogP contribution < -0.4 is 0 Å². The predicted octanol–water partition coefficient (Wildman–Crippen LogP) is 2.48. The standard InChI is InChI=1S/C7H10O2.2C3H6O/c1-4-5-9-7(8)6(2)3;2*1-3(2)4/h4H,1-2,5H2,3H3;2*1-2H3. The van der Waals surface area contributed by atoms with E-state index in [9.17, 15) is 14.4 Å². The normalized spacial score (nSPS) is 7.35. The number of esters is 1. The molecule has 4 heteroatoms. The number of rotatable bonds is 3. The molecule has 0 aliphatic heterocycles. The SMILES string of the molecule is C=CCOC(=O)C(=C)C.CC(C)=O.CC(C)=O.